The van der Waals surface area contributed by atoms with Crippen molar-refractivity contribution in [3.63, 3.8) is 0 Å². The summed E-state index contributed by atoms with van der Waals surface area (Å²) in [6.07, 6.45) is -10.6. The van der Waals surface area contributed by atoms with Crippen LogP contribution in [0.3, 0.4) is 0 Å². The Morgan fingerprint density at radius 3 is 2.10 bits per heavy atom. The number of rotatable bonds is 13. The van der Waals surface area contributed by atoms with Gasteiger partial charge < -0.3 is 29.6 Å². The molecule has 1 aromatic rings. The minimum atomic E-state index is -3.83. The number of ether oxygens (including phenoxy) is 3. The average molecular weight is 618 g/mol. The average Bonchev–Trinajstić information content (AvgIpc) is 3.08. The van der Waals surface area contributed by atoms with Gasteiger partial charge in [-0.2, -0.15) is 4.98 Å². The van der Waals surface area contributed by atoms with Gasteiger partial charge in [-0.05, 0) is 59.4 Å². The van der Waals surface area contributed by atoms with E-state index in [1.54, 1.807) is 27.7 Å². The predicted octanol–water partition coefficient (Wildman–Crippen LogP) is 1.16. The number of carbonyl (C=O) groups is 2. The molecule has 6 atom stereocenters. The third-order valence-corrected chi connectivity index (χ3v) is 8.42. The molecule has 18 heteroatoms. The van der Waals surface area contributed by atoms with Crippen molar-refractivity contribution in [1.29, 1.82) is 0 Å². The Morgan fingerprint density at radius 2 is 1.68 bits per heavy atom. The second-order valence-corrected chi connectivity index (χ2v) is 13.1. The van der Waals surface area contributed by atoms with Crippen LogP contribution in [0.5, 0.6) is 0 Å². The summed E-state index contributed by atoms with van der Waals surface area (Å²) in [5.41, 5.74) is 1.31. The minimum Gasteiger partial charge on any atom is -0.462 e. The number of halogens is 3. The molecule has 0 aromatic carbocycles. The van der Waals surface area contributed by atoms with Crippen LogP contribution < -0.4 is 21.6 Å². The van der Waals surface area contributed by atoms with Crippen molar-refractivity contribution in [1.82, 2.24) is 19.7 Å². The van der Waals surface area contributed by atoms with Gasteiger partial charge in [-0.15, -0.1) is 0 Å². The molecule has 1 fully saturated rings. The number of nitrogen functional groups attached to an aromatic ring is 1. The van der Waals surface area contributed by atoms with Gasteiger partial charge in [0.2, 0.25) is 0 Å². The van der Waals surface area contributed by atoms with E-state index in [2.05, 4.69) is 15.2 Å². The first-order valence-corrected chi connectivity index (χ1v) is 15.0. The van der Waals surface area contributed by atoms with Crippen LogP contribution in [0.1, 0.15) is 47.8 Å². The molecular weight excluding hydrogens is 582 g/mol. The number of nitrogens with zero attached hydrogens (tertiary/aromatic N) is 2. The number of alkyl halides is 3. The van der Waals surface area contributed by atoms with E-state index in [9.17, 15) is 28.3 Å². The van der Waals surface area contributed by atoms with E-state index in [0.29, 0.717) is 4.57 Å². The number of nitrogens with two attached hydrogens (primary N) is 1. The van der Waals surface area contributed by atoms with Crippen molar-refractivity contribution in [2.45, 2.75) is 96.4 Å². The molecule has 0 spiro atoms. The maximum absolute atomic E-state index is 15.1. The largest absolute Gasteiger partial charge is 0.462 e. The summed E-state index contributed by atoms with van der Waals surface area (Å²) in [5, 5.41) is 15.9. The first-order valence-electron chi connectivity index (χ1n) is 12.3. The Labute approximate surface area is 234 Å². The molecule has 1 aliphatic heterocycles. The highest BCUT2D eigenvalue weighted by Crippen LogP contribution is 2.47. The minimum absolute atomic E-state index is 0.202. The number of esters is 2. The van der Waals surface area contributed by atoms with E-state index in [0.717, 1.165) is 12.3 Å². The zero-order valence-electron chi connectivity index (χ0n) is 22.7. The fourth-order valence-electron chi connectivity index (χ4n) is 3.57. The van der Waals surface area contributed by atoms with Gasteiger partial charge in [0, 0.05) is 6.20 Å². The summed E-state index contributed by atoms with van der Waals surface area (Å²) in [5.74, 6) is -1.72. The first kappa shape index (κ1) is 34.1. The SMILES string of the molecule is CC(C)OC(=O)[C@H](C)NP(=S)(N[C@@H](C)C(=O)OC(C)C)OC[C@@]1(C(F)F)O[C@@H](n2ccc(N)nc2=O)[C@H](F)[C@@H]1O. The van der Waals surface area contributed by atoms with Crippen LogP contribution in [0.25, 0.3) is 0 Å². The molecule has 2 heterocycles. The Morgan fingerprint density at radius 1 is 1.18 bits per heavy atom. The summed E-state index contributed by atoms with van der Waals surface area (Å²) >= 11 is 5.51. The second kappa shape index (κ2) is 13.7. The fourth-order valence-corrected chi connectivity index (χ4v) is 6.51. The highest BCUT2D eigenvalue weighted by atomic mass is 32.4. The lowest BCUT2D eigenvalue weighted by atomic mass is 9.97. The monoisotopic (exact) mass is 617 g/mol. The molecule has 2 rings (SSSR count). The molecule has 40 heavy (non-hydrogen) atoms. The number of carbonyl (C=O) groups excluding carboxylic acids is 2. The number of hydrogen-bond acceptors (Lipinski definition) is 11. The van der Waals surface area contributed by atoms with E-state index in [1.165, 1.54) is 13.8 Å². The zero-order valence-corrected chi connectivity index (χ0v) is 24.5. The van der Waals surface area contributed by atoms with Gasteiger partial charge in [0.05, 0.1) is 18.8 Å². The quantitative estimate of drug-likeness (QED) is 0.183. The molecule has 5 N–H and O–H groups in total. The van der Waals surface area contributed by atoms with E-state index < -0.39 is 85.6 Å². The van der Waals surface area contributed by atoms with Crippen LogP contribution in [0.4, 0.5) is 19.0 Å². The Kier molecular flexibility index (Phi) is 11.7. The molecule has 0 saturated carbocycles. The van der Waals surface area contributed by atoms with Crippen LogP contribution in [0.15, 0.2) is 17.1 Å². The lowest BCUT2D eigenvalue weighted by molar-refractivity contribution is -0.191. The zero-order chi connectivity index (χ0) is 30.6. The molecule has 0 unspecified atom stereocenters. The van der Waals surface area contributed by atoms with E-state index in [-0.39, 0.29) is 5.82 Å². The summed E-state index contributed by atoms with van der Waals surface area (Å²) < 4.78 is 65.7. The fraction of sp³-hybridized carbons (Fsp3) is 0.727. The van der Waals surface area contributed by atoms with Gasteiger partial charge in [-0.25, -0.2) is 28.1 Å². The van der Waals surface area contributed by atoms with E-state index in [1.807, 2.05) is 0 Å². The standard InChI is InChI=1S/C22H35F3N5O8PS/c1-10(2)36-18(32)12(5)28-39(40,29-13(6)19(33)37-11(3)4)35-9-22(20(24)25)16(31)15(23)17(38-22)30-8-7-14(26)27-21(30)34/h7-8,10-13,15-17,20,31H,9H2,1-6H3,(H2,26,27,34)(H2,28,29,40)/t12-,13-,15+,16-,17+,22+/m0/s1. The molecule has 1 aliphatic rings. The Hall–Kier alpha value is -2.14. The van der Waals surface area contributed by atoms with Crippen molar-refractivity contribution in [3.05, 3.63) is 22.7 Å². The van der Waals surface area contributed by atoms with Crippen LogP contribution in [-0.2, 0) is 40.1 Å². The van der Waals surface area contributed by atoms with Crippen molar-refractivity contribution in [2.75, 3.05) is 12.3 Å². The molecule has 0 radical (unpaired) electrons. The van der Waals surface area contributed by atoms with E-state index >= 15 is 4.39 Å². The molecule has 0 bridgehead atoms. The third kappa shape index (κ3) is 8.21. The molecule has 228 valence electrons. The lowest BCUT2D eigenvalue weighted by Gasteiger charge is -2.35. The van der Waals surface area contributed by atoms with Crippen LogP contribution in [0.2, 0.25) is 0 Å². The maximum atomic E-state index is 15.1. The van der Waals surface area contributed by atoms with Crippen LogP contribution >= 0.6 is 6.57 Å². The molecule has 1 saturated heterocycles. The number of aromatic nitrogens is 2. The van der Waals surface area contributed by atoms with Gasteiger partial charge in [0.25, 0.3) is 6.43 Å². The molecule has 13 nitrogen and oxygen atoms in total. The first-order chi connectivity index (χ1) is 18.4. The number of aliphatic hydroxyl groups is 1. The highest BCUT2D eigenvalue weighted by Gasteiger charge is 2.62. The van der Waals surface area contributed by atoms with Gasteiger partial charge in [-0.1, -0.05) is 0 Å². The van der Waals surface area contributed by atoms with Crippen molar-refractivity contribution < 1.29 is 46.6 Å². The summed E-state index contributed by atoms with van der Waals surface area (Å²) in [6.45, 7) is 4.12. The van der Waals surface area contributed by atoms with Crippen molar-refractivity contribution >= 4 is 36.1 Å². The highest BCUT2D eigenvalue weighted by molar-refractivity contribution is 8.10. The normalized spacial score (nSPS) is 24.9. The summed E-state index contributed by atoms with van der Waals surface area (Å²) in [6, 6.07) is -1.18. The molecular formula is C22H35F3N5O8PS. The van der Waals surface area contributed by atoms with Crippen molar-refractivity contribution in [3.8, 4) is 0 Å². The van der Waals surface area contributed by atoms with Crippen LogP contribution in [-0.4, -0.2) is 81.8 Å². The number of hydrogen-bond donors (Lipinski definition) is 4. The third-order valence-electron chi connectivity index (χ3n) is 5.52. The smallest absolute Gasteiger partial charge is 0.351 e. The van der Waals surface area contributed by atoms with Gasteiger partial charge in [-0.3, -0.25) is 14.2 Å². The Balaban J connectivity index is 2.38. The number of aliphatic hydroxyl groups excluding tert-OH is 1. The Bertz CT molecular complexity index is 1130. The topological polar surface area (TPSA) is 176 Å². The number of anilines is 1. The second-order valence-electron chi connectivity index (χ2n) is 9.69. The van der Waals surface area contributed by atoms with Gasteiger partial charge >= 0.3 is 17.6 Å². The van der Waals surface area contributed by atoms with Crippen LogP contribution in [0, 0.1) is 0 Å². The molecule has 0 aliphatic carbocycles. The van der Waals surface area contributed by atoms with Crippen molar-refractivity contribution in [2.24, 2.45) is 0 Å². The van der Waals surface area contributed by atoms with E-state index in [4.69, 9.17) is 36.3 Å². The summed E-state index contributed by atoms with van der Waals surface area (Å²) in [4.78, 5) is 40.4. The van der Waals surface area contributed by atoms with Gasteiger partial charge in [0.15, 0.2) is 24.6 Å². The molecule has 0 amide bonds. The predicted molar refractivity (Wildman–Crippen MR) is 141 cm³/mol. The maximum Gasteiger partial charge on any atom is 0.351 e. The number of nitrogens with one attached hydrogen (secondary N) is 2. The van der Waals surface area contributed by atoms with Gasteiger partial charge in [0.1, 0.15) is 24.0 Å². The summed E-state index contributed by atoms with van der Waals surface area (Å²) in [7, 11) is 0. The lowest BCUT2D eigenvalue weighted by Crippen LogP contribution is -2.53. The molecule has 1 aromatic heterocycles.